The zero-order chi connectivity index (χ0) is 12.5. The largest absolute Gasteiger partial charge is 0.349 e. The first-order valence-corrected chi connectivity index (χ1v) is 6.20. The van der Waals surface area contributed by atoms with E-state index in [1.54, 1.807) is 0 Å². The van der Waals surface area contributed by atoms with Crippen molar-refractivity contribution in [1.29, 1.82) is 0 Å². The van der Waals surface area contributed by atoms with Gasteiger partial charge in [0.25, 0.3) is 0 Å². The molecule has 3 heterocycles. The van der Waals surface area contributed by atoms with Gasteiger partial charge in [-0.05, 0) is 19.1 Å². The van der Waals surface area contributed by atoms with E-state index in [1.807, 2.05) is 31.3 Å². The van der Waals surface area contributed by atoms with Gasteiger partial charge in [-0.1, -0.05) is 6.07 Å². The minimum atomic E-state index is 0.499. The molecule has 2 aromatic rings. The highest BCUT2D eigenvalue weighted by Gasteiger charge is 2.22. The van der Waals surface area contributed by atoms with Crippen LogP contribution < -0.4 is 10.6 Å². The highest BCUT2D eigenvalue weighted by molar-refractivity contribution is 5.40. The van der Waals surface area contributed by atoms with E-state index in [4.69, 9.17) is 5.73 Å². The number of hydrogen-bond donors (Lipinski definition) is 1. The third kappa shape index (κ3) is 1.76. The molecule has 0 unspecified atom stereocenters. The van der Waals surface area contributed by atoms with Crippen molar-refractivity contribution in [1.82, 2.24) is 14.5 Å². The van der Waals surface area contributed by atoms with Crippen molar-refractivity contribution in [3.8, 4) is 0 Å². The number of rotatable bonds is 2. The van der Waals surface area contributed by atoms with Crippen LogP contribution in [0.3, 0.4) is 0 Å². The summed E-state index contributed by atoms with van der Waals surface area (Å²) in [6.45, 7) is 5.29. The monoisotopic (exact) mass is 243 g/mol. The second-order valence-electron chi connectivity index (χ2n) is 4.52. The van der Waals surface area contributed by atoms with Crippen molar-refractivity contribution in [2.75, 3.05) is 11.4 Å². The highest BCUT2D eigenvalue weighted by Crippen LogP contribution is 2.22. The van der Waals surface area contributed by atoms with Crippen LogP contribution in [0.2, 0.25) is 0 Å². The summed E-state index contributed by atoms with van der Waals surface area (Å²) in [6.07, 6.45) is 1.83. The molecular formula is C13H17N5. The molecule has 3 rings (SSSR count). The van der Waals surface area contributed by atoms with Crippen LogP contribution in [-0.2, 0) is 19.6 Å². The Labute approximate surface area is 106 Å². The fourth-order valence-electron chi connectivity index (χ4n) is 2.53. The average Bonchev–Trinajstić information content (AvgIpc) is 2.76. The quantitative estimate of drug-likeness (QED) is 0.857. The van der Waals surface area contributed by atoms with Crippen LogP contribution >= 0.6 is 0 Å². The lowest BCUT2D eigenvalue weighted by atomic mass is 10.2. The number of aromatic nitrogens is 3. The molecule has 0 saturated heterocycles. The minimum absolute atomic E-state index is 0.499. The summed E-state index contributed by atoms with van der Waals surface area (Å²) in [6, 6.07) is 6.00. The standard InChI is InChI=1S/C13H17N5/c1-10-16-11(8-14)12-9-17(6-7-18(10)12)13-4-2-3-5-15-13/h2-5H,6-9,14H2,1H3. The number of anilines is 1. The van der Waals surface area contributed by atoms with Gasteiger partial charge in [0, 0.05) is 25.8 Å². The molecule has 1 aliphatic rings. The number of nitrogens with zero attached hydrogens (tertiary/aromatic N) is 4. The van der Waals surface area contributed by atoms with E-state index in [-0.39, 0.29) is 0 Å². The van der Waals surface area contributed by atoms with Crippen molar-refractivity contribution >= 4 is 5.82 Å². The van der Waals surface area contributed by atoms with E-state index in [9.17, 15) is 0 Å². The Morgan fingerprint density at radius 1 is 1.33 bits per heavy atom. The molecule has 0 bridgehead atoms. The van der Waals surface area contributed by atoms with Gasteiger partial charge >= 0.3 is 0 Å². The third-order valence-electron chi connectivity index (χ3n) is 3.45. The van der Waals surface area contributed by atoms with E-state index in [2.05, 4.69) is 19.4 Å². The topological polar surface area (TPSA) is 60.0 Å². The van der Waals surface area contributed by atoms with Gasteiger partial charge in [0.2, 0.25) is 0 Å². The molecule has 0 amide bonds. The molecule has 5 nitrogen and oxygen atoms in total. The Morgan fingerprint density at radius 3 is 2.94 bits per heavy atom. The summed E-state index contributed by atoms with van der Waals surface area (Å²) in [5, 5.41) is 0. The molecule has 0 saturated carbocycles. The first-order chi connectivity index (χ1) is 8.79. The Hall–Kier alpha value is -1.88. The van der Waals surface area contributed by atoms with Crippen molar-refractivity contribution < 1.29 is 0 Å². The number of aryl methyl sites for hydroxylation is 1. The van der Waals surface area contributed by atoms with Crippen LogP contribution in [0.1, 0.15) is 17.2 Å². The van der Waals surface area contributed by atoms with Gasteiger partial charge in [-0.2, -0.15) is 0 Å². The van der Waals surface area contributed by atoms with Crippen LogP contribution in [0, 0.1) is 6.92 Å². The van der Waals surface area contributed by atoms with E-state index in [1.165, 1.54) is 5.69 Å². The lowest BCUT2D eigenvalue weighted by molar-refractivity contribution is 0.553. The smallest absolute Gasteiger partial charge is 0.128 e. The molecule has 2 aromatic heterocycles. The number of pyridine rings is 1. The van der Waals surface area contributed by atoms with Crippen molar-refractivity contribution in [3.63, 3.8) is 0 Å². The number of hydrogen-bond acceptors (Lipinski definition) is 4. The normalized spacial score (nSPS) is 14.7. The van der Waals surface area contributed by atoms with E-state index >= 15 is 0 Å². The third-order valence-corrected chi connectivity index (χ3v) is 3.45. The van der Waals surface area contributed by atoms with Gasteiger partial charge < -0.3 is 15.2 Å². The molecule has 94 valence electrons. The van der Waals surface area contributed by atoms with E-state index in [0.29, 0.717) is 6.54 Å². The summed E-state index contributed by atoms with van der Waals surface area (Å²) >= 11 is 0. The molecule has 0 atom stereocenters. The predicted molar refractivity (Wildman–Crippen MR) is 70.1 cm³/mol. The van der Waals surface area contributed by atoms with Crippen LogP contribution in [-0.4, -0.2) is 21.1 Å². The van der Waals surface area contributed by atoms with Crippen molar-refractivity contribution in [2.24, 2.45) is 5.73 Å². The van der Waals surface area contributed by atoms with E-state index < -0.39 is 0 Å². The van der Waals surface area contributed by atoms with Gasteiger partial charge in [-0.25, -0.2) is 9.97 Å². The van der Waals surface area contributed by atoms with Gasteiger partial charge in [-0.15, -0.1) is 0 Å². The lowest BCUT2D eigenvalue weighted by Crippen LogP contribution is -2.34. The highest BCUT2D eigenvalue weighted by atomic mass is 15.3. The Kier molecular flexibility index (Phi) is 2.76. The molecule has 2 N–H and O–H groups in total. The Bertz CT molecular complexity index is 546. The van der Waals surface area contributed by atoms with Crippen LogP contribution in [0.4, 0.5) is 5.82 Å². The number of fused-ring (bicyclic) bond motifs is 1. The summed E-state index contributed by atoms with van der Waals surface area (Å²) < 4.78 is 2.27. The van der Waals surface area contributed by atoms with Crippen molar-refractivity contribution in [3.05, 3.63) is 41.6 Å². The molecule has 5 heteroatoms. The second-order valence-corrected chi connectivity index (χ2v) is 4.52. The molecule has 0 spiro atoms. The molecule has 0 radical (unpaired) electrons. The van der Waals surface area contributed by atoms with Crippen LogP contribution in [0.25, 0.3) is 0 Å². The first kappa shape index (κ1) is 11.2. The van der Waals surface area contributed by atoms with E-state index in [0.717, 1.165) is 37.0 Å². The maximum absolute atomic E-state index is 5.76. The van der Waals surface area contributed by atoms with Gasteiger partial charge in [0.1, 0.15) is 11.6 Å². The lowest BCUT2D eigenvalue weighted by Gasteiger charge is -2.30. The summed E-state index contributed by atoms with van der Waals surface area (Å²) in [5.41, 5.74) is 8.00. The molecule has 0 aliphatic carbocycles. The second kappa shape index (κ2) is 4.42. The Morgan fingerprint density at radius 2 is 2.22 bits per heavy atom. The summed E-state index contributed by atoms with van der Waals surface area (Å²) in [5.74, 6) is 2.08. The maximum atomic E-state index is 5.76. The zero-order valence-corrected chi connectivity index (χ0v) is 10.5. The summed E-state index contributed by atoms with van der Waals surface area (Å²) in [4.78, 5) is 11.2. The van der Waals surface area contributed by atoms with Gasteiger partial charge in [0.15, 0.2) is 0 Å². The zero-order valence-electron chi connectivity index (χ0n) is 10.5. The molecule has 1 aliphatic heterocycles. The number of nitrogens with two attached hydrogens (primary N) is 1. The van der Waals surface area contributed by atoms with Crippen LogP contribution in [0.15, 0.2) is 24.4 Å². The molecule has 18 heavy (non-hydrogen) atoms. The maximum Gasteiger partial charge on any atom is 0.128 e. The number of imidazole rings is 1. The molecular weight excluding hydrogens is 226 g/mol. The predicted octanol–water partition coefficient (Wildman–Crippen LogP) is 1.07. The fourth-order valence-corrected chi connectivity index (χ4v) is 2.53. The van der Waals surface area contributed by atoms with Crippen molar-refractivity contribution in [2.45, 2.75) is 26.6 Å². The molecule has 0 fully saturated rings. The fraction of sp³-hybridized carbons (Fsp3) is 0.385. The van der Waals surface area contributed by atoms with Gasteiger partial charge in [0.05, 0.1) is 17.9 Å². The summed E-state index contributed by atoms with van der Waals surface area (Å²) in [7, 11) is 0. The first-order valence-electron chi connectivity index (χ1n) is 6.20. The van der Waals surface area contributed by atoms with Gasteiger partial charge in [-0.3, -0.25) is 0 Å². The minimum Gasteiger partial charge on any atom is -0.349 e. The SMILES string of the molecule is Cc1nc(CN)c2n1CCN(c1ccccn1)C2. The molecule has 0 aromatic carbocycles. The Balaban J connectivity index is 1.93. The average molecular weight is 243 g/mol. The van der Waals surface area contributed by atoms with Crippen LogP contribution in [0.5, 0.6) is 0 Å².